The number of ether oxygens (including phenoxy) is 1. The number of halogens is 3. The normalized spacial score (nSPS) is 17.0. The Kier molecular flexibility index (Phi) is 9.23. The number of hydrogen-bond acceptors (Lipinski definition) is 5. The Balaban J connectivity index is 1.45. The largest absolute Gasteiger partial charge is 0.383 e. The number of nitrogens with two attached hydrogens (primary N) is 1. The van der Waals surface area contributed by atoms with Gasteiger partial charge in [0.2, 0.25) is 5.91 Å². The molecule has 3 aromatic rings. The highest BCUT2D eigenvalue weighted by molar-refractivity contribution is 6.30. The van der Waals surface area contributed by atoms with Crippen molar-refractivity contribution < 1.29 is 27.9 Å². The lowest BCUT2D eigenvalue weighted by atomic mass is 10.1. The molecular weight excluding hydrogens is 546 g/mol. The zero-order valence-corrected chi connectivity index (χ0v) is 22.9. The molecule has 4 amide bonds. The van der Waals surface area contributed by atoms with E-state index in [1.807, 2.05) is 11.9 Å². The smallest absolute Gasteiger partial charge is 0.323 e. The Morgan fingerprint density at radius 1 is 1.25 bits per heavy atom. The number of fused-ring (bicyclic) bond motifs is 1. The minimum absolute atomic E-state index is 0.0808. The molecule has 1 fully saturated rings. The zero-order valence-electron chi connectivity index (χ0n) is 22.1. The van der Waals surface area contributed by atoms with Crippen LogP contribution in [-0.2, 0) is 22.6 Å². The zero-order chi connectivity index (χ0) is 29.0. The average molecular weight is 577 g/mol. The molecule has 10 nitrogen and oxygen atoms in total. The van der Waals surface area contributed by atoms with Crippen molar-refractivity contribution in [2.45, 2.75) is 31.7 Å². The number of alkyl halides is 1. The first-order chi connectivity index (χ1) is 19.1. The molecule has 2 aromatic carbocycles. The highest BCUT2D eigenvalue weighted by Crippen LogP contribution is 2.28. The number of carbonyl (C=O) groups excluding carboxylic acids is 3. The van der Waals surface area contributed by atoms with Gasteiger partial charge in [-0.1, -0.05) is 29.8 Å². The summed E-state index contributed by atoms with van der Waals surface area (Å²) in [5, 5.41) is 5.74. The average Bonchev–Trinajstić information content (AvgIpc) is 3.49. The van der Waals surface area contributed by atoms with Crippen molar-refractivity contribution in [1.29, 1.82) is 0 Å². The molecule has 1 aliphatic rings. The molecule has 0 spiro atoms. The van der Waals surface area contributed by atoms with Gasteiger partial charge in [-0.2, -0.15) is 0 Å². The Morgan fingerprint density at radius 3 is 2.73 bits per heavy atom. The summed E-state index contributed by atoms with van der Waals surface area (Å²) in [6, 6.07) is 7.35. The Hall–Kier alpha value is -3.74. The van der Waals surface area contributed by atoms with E-state index in [2.05, 4.69) is 10.6 Å². The highest BCUT2D eigenvalue weighted by atomic mass is 35.5. The summed E-state index contributed by atoms with van der Waals surface area (Å²) in [4.78, 5) is 41.1. The van der Waals surface area contributed by atoms with Crippen LogP contribution in [0.1, 0.15) is 17.5 Å². The molecule has 40 heavy (non-hydrogen) atoms. The SMILES string of the molecule is COCCN(C)Cc1cc(Cl)c(F)c(CNC(=O)[C@@H]2C[C@@H](F)CN2C(=O)Nc2cn(C(N)=O)c3ccccc23)c1. The molecule has 1 aliphatic heterocycles. The molecule has 214 valence electrons. The van der Waals surface area contributed by atoms with Gasteiger partial charge in [-0.25, -0.2) is 18.4 Å². The van der Waals surface area contributed by atoms with E-state index in [0.717, 1.165) is 10.5 Å². The third-order valence-electron chi connectivity index (χ3n) is 6.75. The number of hydrogen-bond donors (Lipinski definition) is 3. The minimum atomic E-state index is -1.43. The van der Waals surface area contributed by atoms with Gasteiger partial charge in [-0.05, 0) is 30.8 Å². The van der Waals surface area contributed by atoms with Gasteiger partial charge in [-0.15, -0.1) is 0 Å². The molecule has 0 saturated carbocycles. The lowest BCUT2D eigenvalue weighted by Crippen LogP contribution is -2.47. The highest BCUT2D eigenvalue weighted by Gasteiger charge is 2.40. The number of anilines is 1. The second-order valence-electron chi connectivity index (χ2n) is 9.70. The molecular formula is C27H31ClF2N6O4. The van der Waals surface area contributed by atoms with E-state index >= 15 is 0 Å². The Morgan fingerprint density at radius 2 is 2.00 bits per heavy atom. The Labute approximate surface area is 235 Å². The topological polar surface area (TPSA) is 122 Å². The maximum Gasteiger partial charge on any atom is 0.323 e. The molecule has 0 unspecified atom stereocenters. The fourth-order valence-corrected chi connectivity index (χ4v) is 5.03. The maximum absolute atomic E-state index is 14.8. The maximum atomic E-state index is 14.8. The van der Waals surface area contributed by atoms with Crippen LogP contribution in [0.2, 0.25) is 5.02 Å². The first-order valence-electron chi connectivity index (χ1n) is 12.6. The number of likely N-dealkylation sites (tertiary alicyclic amines) is 1. The van der Waals surface area contributed by atoms with E-state index in [4.69, 9.17) is 22.1 Å². The summed E-state index contributed by atoms with van der Waals surface area (Å²) >= 11 is 6.10. The number of para-hydroxylation sites is 1. The number of benzene rings is 2. The third kappa shape index (κ3) is 6.52. The van der Waals surface area contributed by atoms with Crippen LogP contribution in [0, 0.1) is 5.82 Å². The van der Waals surface area contributed by atoms with Gasteiger partial charge in [0.05, 0.1) is 29.4 Å². The van der Waals surface area contributed by atoms with Crippen LogP contribution >= 0.6 is 11.6 Å². The quantitative estimate of drug-likeness (QED) is 0.359. The second kappa shape index (κ2) is 12.6. The van der Waals surface area contributed by atoms with Gasteiger partial charge >= 0.3 is 12.1 Å². The van der Waals surface area contributed by atoms with E-state index < -0.39 is 36.0 Å². The number of nitrogens with one attached hydrogen (secondary N) is 2. The fraction of sp³-hybridized carbons (Fsp3) is 0.370. The predicted molar refractivity (Wildman–Crippen MR) is 147 cm³/mol. The summed E-state index contributed by atoms with van der Waals surface area (Å²) in [5.41, 5.74) is 7.11. The van der Waals surface area contributed by atoms with Crippen molar-refractivity contribution in [2.24, 2.45) is 5.73 Å². The first-order valence-corrected chi connectivity index (χ1v) is 13.0. The summed E-state index contributed by atoms with van der Waals surface area (Å²) in [6.45, 7) is 1.17. The van der Waals surface area contributed by atoms with Gasteiger partial charge < -0.3 is 26.0 Å². The number of amides is 4. The number of methoxy groups -OCH3 is 1. The molecule has 0 radical (unpaired) electrons. The van der Waals surface area contributed by atoms with E-state index in [1.54, 1.807) is 37.4 Å². The van der Waals surface area contributed by atoms with E-state index in [0.29, 0.717) is 30.6 Å². The third-order valence-corrected chi connectivity index (χ3v) is 7.03. The second-order valence-corrected chi connectivity index (χ2v) is 10.1. The van der Waals surface area contributed by atoms with Crippen molar-refractivity contribution in [2.75, 3.05) is 39.2 Å². The number of urea groups is 1. The number of likely N-dealkylation sites (N-methyl/N-ethyl adjacent to an activating group) is 1. The summed E-state index contributed by atoms with van der Waals surface area (Å²) < 4.78 is 35.4. The number of carbonyl (C=O) groups is 3. The number of nitrogens with zero attached hydrogens (tertiary/aromatic N) is 3. The van der Waals surface area contributed by atoms with Gasteiger partial charge in [0, 0.05) is 50.3 Å². The molecule has 1 aromatic heterocycles. The molecule has 0 bridgehead atoms. The summed E-state index contributed by atoms with van der Waals surface area (Å²) in [7, 11) is 3.49. The first kappa shape index (κ1) is 29.2. The van der Waals surface area contributed by atoms with E-state index in [1.165, 1.54) is 16.8 Å². The van der Waals surface area contributed by atoms with Crippen LogP contribution in [-0.4, -0.2) is 78.4 Å². The van der Waals surface area contributed by atoms with Crippen molar-refractivity contribution in [3.63, 3.8) is 0 Å². The predicted octanol–water partition coefficient (Wildman–Crippen LogP) is 3.70. The van der Waals surface area contributed by atoms with Crippen molar-refractivity contribution in [3.05, 3.63) is 64.6 Å². The number of rotatable bonds is 9. The lowest BCUT2D eigenvalue weighted by molar-refractivity contribution is -0.124. The Bertz CT molecular complexity index is 1420. The molecule has 2 heterocycles. The molecule has 0 aliphatic carbocycles. The van der Waals surface area contributed by atoms with Crippen LogP contribution < -0.4 is 16.4 Å². The van der Waals surface area contributed by atoms with Gasteiger partial charge in [-0.3, -0.25) is 14.3 Å². The van der Waals surface area contributed by atoms with Crippen LogP contribution in [0.5, 0.6) is 0 Å². The molecule has 2 atom stereocenters. The van der Waals surface area contributed by atoms with Gasteiger partial charge in [0.15, 0.2) is 0 Å². The van der Waals surface area contributed by atoms with Crippen molar-refractivity contribution >= 4 is 46.2 Å². The van der Waals surface area contributed by atoms with Crippen LogP contribution in [0.3, 0.4) is 0 Å². The monoisotopic (exact) mass is 576 g/mol. The van der Waals surface area contributed by atoms with Crippen LogP contribution in [0.15, 0.2) is 42.6 Å². The molecule has 4 rings (SSSR count). The van der Waals surface area contributed by atoms with Crippen molar-refractivity contribution in [1.82, 2.24) is 19.7 Å². The standard InChI is InChI=1S/C27H31ClF2N6O4/c1-34(7-8-40-2)13-16-9-17(24(30)20(28)10-16)12-32-25(37)23-11-18(29)14-36(23)27(39)33-21-15-35(26(31)38)22-6-4-3-5-19(21)22/h3-6,9-10,15,18,23H,7-8,11-14H2,1-2H3,(H2,31,38)(H,32,37)(H,33,39)/t18-,23+/m1/s1. The molecule has 13 heteroatoms. The van der Waals surface area contributed by atoms with Crippen LogP contribution in [0.4, 0.5) is 24.1 Å². The molecule has 4 N–H and O–H groups in total. The summed E-state index contributed by atoms with van der Waals surface area (Å²) in [6.07, 6.45) is -0.268. The minimum Gasteiger partial charge on any atom is -0.383 e. The molecule has 1 saturated heterocycles. The van der Waals surface area contributed by atoms with Crippen molar-refractivity contribution in [3.8, 4) is 0 Å². The van der Waals surface area contributed by atoms with Gasteiger partial charge in [0.1, 0.15) is 18.0 Å². The number of aromatic nitrogens is 1. The van der Waals surface area contributed by atoms with Gasteiger partial charge in [0.25, 0.3) is 0 Å². The lowest BCUT2D eigenvalue weighted by Gasteiger charge is -2.24. The summed E-state index contributed by atoms with van der Waals surface area (Å²) in [5.74, 6) is -1.30. The van der Waals surface area contributed by atoms with Crippen LogP contribution in [0.25, 0.3) is 10.9 Å². The van der Waals surface area contributed by atoms with E-state index in [-0.39, 0.29) is 35.8 Å². The van der Waals surface area contributed by atoms with E-state index in [9.17, 15) is 23.2 Å². The number of primary amides is 1. The fourth-order valence-electron chi connectivity index (χ4n) is 4.77.